The zero-order chi connectivity index (χ0) is 28.7. The second-order valence-corrected chi connectivity index (χ2v) is 12.5. The third-order valence-electron chi connectivity index (χ3n) is 5.95. The summed E-state index contributed by atoms with van der Waals surface area (Å²) in [6.45, 7) is 5.19. The predicted molar refractivity (Wildman–Crippen MR) is 157 cm³/mol. The molecule has 3 aromatic rings. The van der Waals surface area contributed by atoms with Gasteiger partial charge in [-0.1, -0.05) is 79.0 Å². The SMILES string of the molecule is CC(C)CNC(=O)[C@H](C)N(Cc1c(Cl)cccc1Cl)C(=O)CN(c1cccc(Cl)c1)S(=O)(=O)c1ccccc1. The molecule has 0 unspecified atom stereocenters. The van der Waals surface area contributed by atoms with E-state index in [1.54, 1.807) is 61.5 Å². The lowest BCUT2D eigenvalue weighted by molar-refractivity contribution is -0.139. The van der Waals surface area contributed by atoms with E-state index in [0.29, 0.717) is 27.2 Å². The molecule has 7 nitrogen and oxygen atoms in total. The van der Waals surface area contributed by atoms with Crippen LogP contribution in [0, 0.1) is 5.92 Å². The molecule has 0 saturated heterocycles. The number of benzene rings is 3. The molecule has 39 heavy (non-hydrogen) atoms. The predicted octanol–water partition coefficient (Wildman–Crippen LogP) is 6.03. The highest BCUT2D eigenvalue weighted by molar-refractivity contribution is 7.92. The Balaban J connectivity index is 2.04. The number of nitrogens with one attached hydrogen (secondary N) is 1. The average molecular weight is 611 g/mol. The van der Waals surface area contributed by atoms with Gasteiger partial charge in [-0.3, -0.25) is 13.9 Å². The van der Waals surface area contributed by atoms with Gasteiger partial charge in [0.2, 0.25) is 11.8 Å². The third-order valence-corrected chi connectivity index (χ3v) is 8.68. The van der Waals surface area contributed by atoms with E-state index in [-0.39, 0.29) is 29.0 Å². The number of sulfonamides is 1. The Bertz CT molecular complexity index is 1400. The fraction of sp³-hybridized carbons (Fsp3) is 0.286. The van der Waals surface area contributed by atoms with Crippen molar-refractivity contribution >= 4 is 62.3 Å². The van der Waals surface area contributed by atoms with Gasteiger partial charge in [-0.2, -0.15) is 0 Å². The summed E-state index contributed by atoms with van der Waals surface area (Å²) in [5, 5.41) is 3.77. The van der Waals surface area contributed by atoms with Crippen molar-refractivity contribution in [3.05, 3.63) is 93.4 Å². The fourth-order valence-corrected chi connectivity index (χ4v) is 5.90. The molecule has 0 radical (unpaired) electrons. The Morgan fingerprint density at radius 2 is 1.49 bits per heavy atom. The maximum Gasteiger partial charge on any atom is 0.264 e. The van der Waals surface area contributed by atoms with Crippen molar-refractivity contribution in [2.45, 2.75) is 38.3 Å². The molecule has 0 aliphatic carbocycles. The summed E-state index contributed by atoms with van der Waals surface area (Å²) < 4.78 is 28.5. The molecule has 0 spiro atoms. The minimum atomic E-state index is -4.18. The first-order valence-electron chi connectivity index (χ1n) is 12.2. The Kier molecular flexibility index (Phi) is 10.7. The maximum atomic E-state index is 13.9. The van der Waals surface area contributed by atoms with Gasteiger partial charge in [0.1, 0.15) is 12.6 Å². The molecule has 0 heterocycles. The molecular formula is C28H30Cl3N3O4S. The van der Waals surface area contributed by atoms with Gasteiger partial charge >= 0.3 is 0 Å². The Hall–Kier alpha value is -2.78. The van der Waals surface area contributed by atoms with Crippen LogP contribution in [0.4, 0.5) is 5.69 Å². The van der Waals surface area contributed by atoms with Crippen molar-refractivity contribution in [1.29, 1.82) is 0 Å². The van der Waals surface area contributed by atoms with Crippen LogP contribution in [-0.2, 0) is 26.2 Å². The number of anilines is 1. The standard InChI is InChI=1S/C28H30Cl3N3O4S/c1-19(2)16-32-28(36)20(3)33(17-24-25(30)13-8-14-26(24)31)27(35)18-34(22-10-7-9-21(29)15-22)39(37,38)23-11-5-4-6-12-23/h4-15,19-20H,16-18H2,1-3H3,(H,32,36)/t20-/m0/s1. The molecule has 1 atom stereocenters. The number of amides is 2. The molecule has 1 N–H and O–H groups in total. The van der Waals surface area contributed by atoms with Crippen LogP contribution in [0.3, 0.4) is 0 Å². The second kappa shape index (κ2) is 13.5. The molecule has 0 bridgehead atoms. The Morgan fingerprint density at radius 1 is 0.872 bits per heavy atom. The van der Waals surface area contributed by atoms with Crippen LogP contribution in [0.5, 0.6) is 0 Å². The number of nitrogens with zero attached hydrogens (tertiary/aromatic N) is 2. The van der Waals surface area contributed by atoms with E-state index < -0.39 is 28.5 Å². The Labute approximate surface area is 244 Å². The summed E-state index contributed by atoms with van der Waals surface area (Å²) in [5.74, 6) is -0.823. The van der Waals surface area contributed by atoms with Crippen molar-refractivity contribution in [1.82, 2.24) is 10.2 Å². The summed E-state index contributed by atoms with van der Waals surface area (Å²) in [4.78, 5) is 28.3. The van der Waals surface area contributed by atoms with Gasteiger partial charge in [0, 0.05) is 33.7 Å². The van der Waals surface area contributed by atoms with E-state index >= 15 is 0 Å². The number of hydrogen-bond donors (Lipinski definition) is 1. The van der Waals surface area contributed by atoms with Crippen LogP contribution in [0.2, 0.25) is 15.1 Å². The van der Waals surface area contributed by atoms with Crippen molar-refractivity contribution in [3.8, 4) is 0 Å². The van der Waals surface area contributed by atoms with Crippen molar-refractivity contribution in [2.24, 2.45) is 5.92 Å². The molecule has 0 saturated carbocycles. The lowest BCUT2D eigenvalue weighted by atomic mass is 10.1. The van der Waals surface area contributed by atoms with E-state index in [2.05, 4.69) is 5.32 Å². The van der Waals surface area contributed by atoms with E-state index in [1.165, 1.54) is 23.1 Å². The van der Waals surface area contributed by atoms with Gasteiger partial charge in [0.25, 0.3) is 10.0 Å². The second-order valence-electron chi connectivity index (χ2n) is 9.34. The Morgan fingerprint density at radius 3 is 2.08 bits per heavy atom. The summed E-state index contributed by atoms with van der Waals surface area (Å²) in [5.41, 5.74) is 0.644. The van der Waals surface area contributed by atoms with Gasteiger partial charge in [0.15, 0.2) is 0 Å². The molecule has 0 fully saturated rings. The lowest BCUT2D eigenvalue weighted by Crippen LogP contribution is -2.51. The van der Waals surface area contributed by atoms with E-state index in [1.807, 2.05) is 13.8 Å². The van der Waals surface area contributed by atoms with Gasteiger partial charge in [0.05, 0.1) is 10.6 Å². The zero-order valence-corrected chi connectivity index (χ0v) is 24.9. The zero-order valence-electron chi connectivity index (χ0n) is 21.8. The van der Waals surface area contributed by atoms with Crippen LogP contribution in [0.15, 0.2) is 77.7 Å². The van der Waals surface area contributed by atoms with Crippen LogP contribution in [0.1, 0.15) is 26.3 Å². The molecule has 0 aliphatic heterocycles. The summed E-state index contributed by atoms with van der Waals surface area (Å²) in [6.07, 6.45) is 0. The number of hydrogen-bond acceptors (Lipinski definition) is 4. The van der Waals surface area contributed by atoms with E-state index in [4.69, 9.17) is 34.8 Å². The fourth-order valence-electron chi connectivity index (χ4n) is 3.77. The van der Waals surface area contributed by atoms with Crippen molar-refractivity contribution in [3.63, 3.8) is 0 Å². The molecular weight excluding hydrogens is 581 g/mol. The lowest BCUT2D eigenvalue weighted by Gasteiger charge is -2.32. The summed E-state index contributed by atoms with van der Waals surface area (Å²) in [6, 6.07) is 18.0. The highest BCUT2D eigenvalue weighted by atomic mass is 35.5. The maximum absolute atomic E-state index is 13.9. The molecule has 208 valence electrons. The number of carbonyl (C=O) groups is 2. The highest BCUT2D eigenvalue weighted by Crippen LogP contribution is 2.29. The van der Waals surface area contributed by atoms with E-state index in [0.717, 1.165) is 4.31 Å². The van der Waals surface area contributed by atoms with Crippen LogP contribution in [-0.4, -0.2) is 44.3 Å². The topological polar surface area (TPSA) is 86.8 Å². The summed E-state index contributed by atoms with van der Waals surface area (Å²) >= 11 is 19.0. The number of carbonyl (C=O) groups excluding carboxylic acids is 2. The molecule has 11 heteroatoms. The van der Waals surface area contributed by atoms with E-state index in [9.17, 15) is 18.0 Å². The first-order valence-corrected chi connectivity index (χ1v) is 14.8. The van der Waals surface area contributed by atoms with Gasteiger partial charge < -0.3 is 10.2 Å². The molecule has 3 rings (SSSR count). The molecule has 3 aromatic carbocycles. The first kappa shape index (κ1) is 30.8. The molecule has 0 aliphatic rings. The number of halogens is 3. The summed E-state index contributed by atoms with van der Waals surface area (Å²) in [7, 11) is -4.18. The monoisotopic (exact) mass is 609 g/mol. The smallest absolute Gasteiger partial charge is 0.264 e. The number of rotatable bonds is 11. The normalized spacial score (nSPS) is 12.2. The quantitative estimate of drug-likeness (QED) is 0.287. The first-order chi connectivity index (χ1) is 18.4. The van der Waals surface area contributed by atoms with Gasteiger partial charge in [-0.25, -0.2) is 8.42 Å². The van der Waals surface area contributed by atoms with Crippen molar-refractivity contribution < 1.29 is 18.0 Å². The largest absolute Gasteiger partial charge is 0.354 e. The third kappa shape index (κ3) is 7.88. The minimum absolute atomic E-state index is 0.00111. The highest BCUT2D eigenvalue weighted by Gasteiger charge is 2.33. The molecule has 2 amide bonds. The van der Waals surface area contributed by atoms with Crippen LogP contribution >= 0.6 is 34.8 Å². The molecule has 0 aromatic heterocycles. The van der Waals surface area contributed by atoms with Gasteiger partial charge in [-0.15, -0.1) is 0 Å². The van der Waals surface area contributed by atoms with Gasteiger partial charge in [-0.05, 0) is 55.3 Å². The van der Waals surface area contributed by atoms with Crippen LogP contribution in [0.25, 0.3) is 0 Å². The van der Waals surface area contributed by atoms with Crippen molar-refractivity contribution in [2.75, 3.05) is 17.4 Å². The van der Waals surface area contributed by atoms with Crippen LogP contribution < -0.4 is 9.62 Å². The average Bonchev–Trinajstić information content (AvgIpc) is 2.90. The minimum Gasteiger partial charge on any atom is -0.354 e.